The van der Waals surface area contributed by atoms with E-state index >= 15 is 0 Å². The molecule has 0 saturated carbocycles. The van der Waals surface area contributed by atoms with Gasteiger partial charge in [-0.1, -0.05) is 42.5 Å². The van der Waals surface area contributed by atoms with Crippen LogP contribution in [0.25, 0.3) is 16.9 Å². The summed E-state index contributed by atoms with van der Waals surface area (Å²) < 4.78 is 42.0. The zero-order chi connectivity index (χ0) is 22.9. The number of amides is 1. The molecule has 0 unspecified atom stereocenters. The summed E-state index contributed by atoms with van der Waals surface area (Å²) in [6.45, 7) is 4.15. The molecule has 2 heterocycles. The molecule has 8 heteroatoms. The van der Waals surface area contributed by atoms with Gasteiger partial charge in [0, 0.05) is 18.2 Å². The molecule has 0 saturated heterocycles. The highest BCUT2D eigenvalue weighted by Crippen LogP contribution is 2.32. The minimum absolute atomic E-state index is 0.0405. The minimum atomic E-state index is -4.66. The Morgan fingerprint density at radius 2 is 1.75 bits per heavy atom. The number of hydrogen-bond acceptors (Lipinski definition) is 3. The molecule has 0 aliphatic heterocycles. The summed E-state index contributed by atoms with van der Waals surface area (Å²) in [5.74, 6) is -0.549. The monoisotopic (exact) mass is 438 g/mol. The molecule has 2 aromatic carbocycles. The normalized spacial score (nSPS) is 11.7. The van der Waals surface area contributed by atoms with Crippen LogP contribution in [0.5, 0.6) is 0 Å². The van der Waals surface area contributed by atoms with Gasteiger partial charge in [0.05, 0.1) is 5.69 Å². The second-order valence-electron chi connectivity index (χ2n) is 7.61. The molecule has 164 valence electrons. The fourth-order valence-corrected chi connectivity index (χ4v) is 3.39. The van der Waals surface area contributed by atoms with Gasteiger partial charge in [-0.05, 0) is 49.1 Å². The Balaban J connectivity index is 1.65. The van der Waals surface area contributed by atoms with Gasteiger partial charge in [-0.25, -0.2) is 9.50 Å². The third-order valence-corrected chi connectivity index (χ3v) is 5.29. The first-order valence-corrected chi connectivity index (χ1v) is 10.1. The summed E-state index contributed by atoms with van der Waals surface area (Å²) >= 11 is 0. The number of aromatic nitrogens is 3. The van der Waals surface area contributed by atoms with E-state index in [1.165, 1.54) is 6.07 Å². The highest BCUT2D eigenvalue weighted by molar-refractivity contribution is 5.93. The van der Waals surface area contributed by atoms with E-state index in [4.69, 9.17) is 0 Å². The van der Waals surface area contributed by atoms with Gasteiger partial charge in [0.1, 0.15) is 0 Å². The van der Waals surface area contributed by atoms with Crippen molar-refractivity contribution in [3.63, 3.8) is 0 Å². The van der Waals surface area contributed by atoms with Gasteiger partial charge in [-0.15, -0.1) is 0 Å². The van der Waals surface area contributed by atoms with E-state index in [0.29, 0.717) is 23.0 Å². The molecule has 0 spiro atoms. The zero-order valence-electron chi connectivity index (χ0n) is 17.6. The van der Waals surface area contributed by atoms with Crippen LogP contribution >= 0.6 is 0 Å². The van der Waals surface area contributed by atoms with Crippen LogP contribution in [0.4, 0.5) is 13.2 Å². The van der Waals surface area contributed by atoms with Crippen LogP contribution in [0.15, 0.2) is 60.7 Å². The highest BCUT2D eigenvalue weighted by Gasteiger charge is 2.35. The highest BCUT2D eigenvalue weighted by atomic mass is 19.4. The van der Waals surface area contributed by atoms with E-state index in [0.717, 1.165) is 22.8 Å². The number of fused-ring (bicyclic) bond motifs is 1. The Labute approximate surface area is 182 Å². The first-order chi connectivity index (χ1) is 15.2. The Bertz CT molecular complexity index is 1280. The molecule has 2 aromatic heterocycles. The Morgan fingerprint density at radius 3 is 2.44 bits per heavy atom. The molecule has 0 radical (unpaired) electrons. The molecule has 0 bridgehead atoms. The van der Waals surface area contributed by atoms with Gasteiger partial charge in [0.15, 0.2) is 17.0 Å². The lowest BCUT2D eigenvalue weighted by Crippen LogP contribution is -2.26. The number of carbonyl (C=O) groups is 1. The number of nitrogens with zero attached hydrogens (tertiary/aromatic N) is 3. The average Bonchev–Trinajstić information content (AvgIpc) is 3.19. The van der Waals surface area contributed by atoms with Gasteiger partial charge in [0.25, 0.3) is 5.91 Å². The first-order valence-electron chi connectivity index (χ1n) is 10.1. The topological polar surface area (TPSA) is 59.3 Å². The minimum Gasteiger partial charge on any atom is -0.350 e. The molecule has 4 rings (SSSR count). The molecular weight excluding hydrogens is 417 g/mol. The van der Waals surface area contributed by atoms with Crippen LogP contribution in [0.2, 0.25) is 0 Å². The maximum absolute atomic E-state index is 13.8. The van der Waals surface area contributed by atoms with Crippen molar-refractivity contribution in [2.45, 2.75) is 26.4 Å². The third kappa shape index (κ3) is 4.49. The smallest absolute Gasteiger partial charge is 0.350 e. The summed E-state index contributed by atoms with van der Waals surface area (Å²) in [6.07, 6.45) is -4.06. The maximum Gasteiger partial charge on any atom is 0.433 e. The molecule has 0 atom stereocenters. The molecule has 0 aliphatic carbocycles. The number of aryl methyl sites for hydroxylation is 2. The summed E-state index contributed by atoms with van der Waals surface area (Å²) in [5, 5.41) is 6.60. The predicted molar refractivity (Wildman–Crippen MR) is 115 cm³/mol. The Morgan fingerprint density at radius 1 is 1.00 bits per heavy atom. The molecular formula is C24H21F3N4O. The SMILES string of the molecule is Cc1ccc(-c2cc(C(F)(F)F)n3nc(C(=O)NCCc4ccccc4)cc3n2)cc1C. The molecule has 5 nitrogen and oxygen atoms in total. The van der Waals surface area contributed by atoms with E-state index < -0.39 is 17.8 Å². The number of carbonyl (C=O) groups excluding carboxylic acids is 1. The number of alkyl halides is 3. The molecule has 4 aromatic rings. The molecule has 32 heavy (non-hydrogen) atoms. The average molecular weight is 438 g/mol. The lowest BCUT2D eigenvalue weighted by atomic mass is 10.0. The second kappa shape index (κ2) is 8.45. The molecule has 1 amide bonds. The van der Waals surface area contributed by atoms with Crippen LogP contribution < -0.4 is 5.32 Å². The summed E-state index contributed by atoms with van der Waals surface area (Å²) in [7, 11) is 0. The van der Waals surface area contributed by atoms with E-state index in [-0.39, 0.29) is 17.0 Å². The van der Waals surface area contributed by atoms with Crippen molar-refractivity contribution < 1.29 is 18.0 Å². The van der Waals surface area contributed by atoms with Crippen LogP contribution in [0.1, 0.15) is 32.9 Å². The van der Waals surface area contributed by atoms with E-state index in [9.17, 15) is 18.0 Å². The van der Waals surface area contributed by atoms with Crippen LogP contribution in [-0.4, -0.2) is 27.0 Å². The summed E-state index contributed by atoms with van der Waals surface area (Å²) in [5.41, 5.74) is 2.62. The van der Waals surface area contributed by atoms with Crippen molar-refractivity contribution in [3.8, 4) is 11.3 Å². The van der Waals surface area contributed by atoms with Crippen molar-refractivity contribution in [2.75, 3.05) is 6.54 Å². The molecule has 0 fully saturated rings. The van der Waals surface area contributed by atoms with Crippen molar-refractivity contribution in [3.05, 3.63) is 88.7 Å². The molecule has 1 N–H and O–H groups in total. The van der Waals surface area contributed by atoms with Gasteiger partial charge in [-0.2, -0.15) is 18.3 Å². The second-order valence-corrected chi connectivity index (χ2v) is 7.61. The lowest BCUT2D eigenvalue weighted by Gasteiger charge is -2.11. The summed E-state index contributed by atoms with van der Waals surface area (Å²) in [6, 6.07) is 17.2. The third-order valence-electron chi connectivity index (χ3n) is 5.29. The Hall–Kier alpha value is -3.68. The number of rotatable bonds is 5. The number of benzene rings is 2. The van der Waals surface area contributed by atoms with Crippen molar-refractivity contribution in [1.82, 2.24) is 19.9 Å². The quantitative estimate of drug-likeness (QED) is 0.477. The lowest BCUT2D eigenvalue weighted by molar-refractivity contribution is -0.142. The number of halogens is 3. The standard InChI is InChI=1S/C24H21F3N4O/c1-15-8-9-18(12-16(15)2)19-13-21(24(25,26)27)31-22(29-19)14-20(30-31)23(32)28-11-10-17-6-4-3-5-7-17/h3-9,12-14H,10-11H2,1-2H3,(H,28,32). The van der Waals surface area contributed by atoms with Gasteiger partial charge in [-0.3, -0.25) is 4.79 Å². The van der Waals surface area contributed by atoms with Gasteiger partial charge >= 0.3 is 6.18 Å². The van der Waals surface area contributed by atoms with E-state index in [2.05, 4.69) is 15.4 Å². The van der Waals surface area contributed by atoms with Gasteiger partial charge < -0.3 is 5.32 Å². The number of hydrogen-bond donors (Lipinski definition) is 1. The largest absolute Gasteiger partial charge is 0.433 e. The van der Waals surface area contributed by atoms with Crippen LogP contribution in [0.3, 0.4) is 0 Å². The van der Waals surface area contributed by atoms with Gasteiger partial charge in [0.2, 0.25) is 0 Å². The predicted octanol–water partition coefficient (Wildman–Crippen LogP) is 5.00. The summed E-state index contributed by atoms with van der Waals surface area (Å²) in [4.78, 5) is 16.8. The maximum atomic E-state index is 13.8. The molecule has 0 aliphatic rings. The van der Waals surface area contributed by atoms with Crippen molar-refractivity contribution >= 4 is 11.6 Å². The Kier molecular flexibility index (Phi) is 5.69. The number of nitrogens with one attached hydrogen (secondary N) is 1. The van der Waals surface area contributed by atoms with Crippen LogP contribution in [0, 0.1) is 13.8 Å². The van der Waals surface area contributed by atoms with E-state index in [1.807, 2.05) is 50.2 Å². The fraction of sp³-hybridized carbons (Fsp3) is 0.208. The van der Waals surface area contributed by atoms with E-state index in [1.54, 1.807) is 12.1 Å². The first kappa shape index (κ1) is 21.5. The van der Waals surface area contributed by atoms with Crippen molar-refractivity contribution in [1.29, 1.82) is 0 Å². The van der Waals surface area contributed by atoms with Crippen LogP contribution in [-0.2, 0) is 12.6 Å². The zero-order valence-corrected chi connectivity index (χ0v) is 17.6. The fourth-order valence-electron chi connectivity index (χ4n) is 3.39. The van der Waals surface area contributed by atoms with Crippen molar-refractivity contribution in [2.24, 2.45) is 0 Å².